The summed E-state index contributed by atoms with van der Waals surface area (Å²) in [5.41, 5.74) is 1.16. The zero-order chi connectivity index (χ0) is 14.7. The normalized spacial score (nSPS) is 10.7. The van der Waals surface area contributed by atoms with E-state index in [4.69, 9.17) is 0 Å². The maximum atomic E-state index is 12.1. The van der Waals surface area contributed by atoms with Crippen molar-refractivity contribution in [3.63, 3.8) is 0 Å². The fourth-order valence-electron chi connectivity index (χ4n) is 2.41. The van der Waals surface area contributed by atoms with Crippen LogP contribution in [-0.2, 0) is 0 Å². The minimum Gasteiger partial charge on any atom is -0.289 e. The lowest BCUT2D eigenvalue weighted by atomic mass is 9.98. The first-order chi connectivity index (χ1) is 10.3. The summed E-state index contributed by atoms with van der Waals surface area (Å²) < 4.78 is 1.53. The van der Waals surface area contributed by atoms with Crippen LogP contribution in [0.15, 0.2) is 82.5 Å². The summed E-state index contributed by atoms with van der Waals surface area (Å²) in [5, 5.41) is 0. The molecule has 0 aliphatic rings. The van der Waals surface area contributed by atoms with Crippen LogP contribution in [0.1, 0.15) is 17.2 Å². The molecule has 1 N–H and O–H groups in total. The molecular weight excluding hydrogens is 264 g/mol. The highest BCUT2D eigenvalue weighted by Gasteiger charge is 2.17. The molecule has 104 valence electrons. The third-order valence-electron chi connectivity index (χ3n) is 3.36. The Morgan fingerprint density at radius 2 is 1.29 bits per heavy atom. The van der Waals surface area contributed by atoms with E-state index in [1.807, 2.05) is 60.7 Å². The molecule has 3 rings (SSSR count). The molecule has 21 heavy (non-hydrogen) atoms. The van der Waals surface area contributed by atoms with Crippen LogP contribution in [0, 0.1) is 0 Å². The second-order valence-electron chi connectivity index (χ2n) is 4.74. The lowest BCUT2D eigenvalue weighted by Crippen LogP contribution is -2.32. The fraction of sp³-hybridized carbons (Fsp3) is 0.0588. The maximum Gasteiger partial charge on any atom is 0.329 e. The Morgan fingerprint density at radius 3 is 1.76 bits per heavy atom. The van der Waals surface area contributed by atoms with Gasteiger partial charge in [-0.1, -0.05) is 60.7 Å². The van der Waals surface area contributed by atoms with Crippen molar-refractivity contribution < 1.29 is 0 Å². The van der Waals surface area contributed by atoms with Crippen molar-refractivity contribution >= 4 is 0 Å². The van der Waals surface area contributed by atoms with Crippen LogP contribution < -0.4 is 11.2 Å². The molecule has 0 aliphatic carbocycles. The van der Waals surface area contributed by atoms with Gasteiger partial charge in [0.05, 0.1) is 6.04 Å². The number of hydrogen-bond donors (Lipinski definition) is 1. The van der Waals surface area contributed by atoms with Crippen LogP contribution in [0.25, 0.3) is 0 Å². The number of nitrogens with one attached hydrogen (secondary N) is 1. The summed E-state index contributed by atoms with van der Waals surface area (Å²) in [4.78, 5) is 25.7. The number of aromatic amines is 1. The van der Waals surface area contributed by atoms with Crippen molar-refractivity contribution in [1.29, 1.82) is 0 Å². The first-order valence-electron chi connectivity index (χ1n) is 6.67. The van der Waals surface area contributed by atoms with Gasteiger partial charge in [0.2, 0.25) is 0 Å². The highest BCUT2D eigenvalue weighted by Crippen LogP contribution is 2.24. The van der Waals surface area contributed by atoms with Crippen LogP contribution in [0.3, 0.4) is 0 Å². The number of hydrogen-bond acceptors (Lipinski definition) is 2. The largest absolute Gasteiger partial charge is 0.329 e. The van der Waals surface area contributed by atoms with Crippen LogP contribution in [0.2, 0.25) is 0 Å². The van der Waals surface area contributed by atoms with E-state index < -0.39 is 11.2 Å². The first kappa shape index (κ1) is 13.1. The molecule has 0 spiro atoms. The van der Waals surface area contributed by atoms with Gasteiger partial charge in [0.25, 0.3) is 5.56 Å². The number of rotatable bonds is 3. The van der Waals surface area contributed by atoms with E-state index in [-0.39, 0.29) is 6.04 Å². The molecule has 0 aliphatic heterocycles. The average molecular weight is 278 g/mol. The SMILES string of the molecule is O=c1ccn(C(c2ccccc2)c2ccccc2)c(=O)[nH]1. The van der Waals surface area contributed by atoms with Crippen molar-refractivity contribution in [2.24, 2.45) is 0 Å². The molecule has 2 aromatic carbocycles. The van der Waals surface area contributed by atoms with Gasteiger partial charge in [0.1, 0.15) is 0 Å². The summed E-state index contributed by atoms with van der Waals surface area (Å²) >= 11 is 0. The van der Waals surface area contributed by atoms with E-state index >= 15 is 0 Å². The second kappa shape index (κ2) is 5.63. The molecule has 1 aromatic heterocycles. The topological polar surface area (TPSA) is 54.9 Å². The number of nitrogens with zero attached hydrogens (tertiary/aromatic N) is 1. The lowest BCUT2D eigenvalue weighted by Gasteiger charge is -2.20. The third kappa shape index (κ3) is 2.69. The molecule has 0 saturated heterocycles. The molecule has 3 aromatic rings. The smallest absolute Gasteiger partial charge is 0.289 e. The van der Waals surface area contributed by atoms with Crippen LogP contribution >= 0.6 is 0 Å². The number of benzene rings is 2. The minimum absolute atomic E-state index is 0.267. The van der Waals surface area contributed by atoms with E-state index in [9.17, 15) is 9.59 Å². The van der Waals surface area contributed by atoms with Crippen molar-refractivity contribution in [2.45, 2.75) is 6.04 Å². The number of aromatic nitrogens is 2. The maximum absolute atomic E-state index is 12.1. The molecule has 1 heterocycles. The van der Waals surface area contributed by atoms with Gasteiger partial charge in [0.15, 0.2) is 0 Å². The Hall–Kier alpha value is -2.88. The molecule has 0 bridgehead atoms. The van der Waals surface area contributed by atoms with Crippen molar-refractivity contribution in [2.75, 3.05) is 0 Å². The van der Waals surface area contributed by atoms with Crippen LogP contribution in [0.4, 0.5) is 0 Å². The molecule has 0 amide bonds. The van der Waals surface area contributed by atoms with E-state index in [1.165, 1.54) is 16.8 Å². The molecule has 0 unspecified atom stereocenters. The molecule has 0 fully saturated rings. The summed E-state index contributed by atoms with van der Waals surface area (Å²) in [7, 11) is 0. The van der Waals surface area contributed by atoms with Gasteiger partial charge in [-0.2, -0.15) is 0 Å². The Morgan fingerprint density at radius 1 is 0.762 bits per heavy atom. The minimum atomic E-state index is -0.416. The van der Waals surface area contributed by atoms with Gasteiger partial charge >= 0.3 is 5.69 Å². The Labute approximate surface area is 121 Å². The van der Waals surface area contributed by atoms with Gasteiger partial charge in [-0.25, -0.2) is 4.79 Å². The van der Waals surface area contributed by atoms with E-state index in [2.05, 4.69) is 4.98 Å². The first-order valence-corrected chi connectivity index (χ1v) is 6.67. The Bertz CT molecular complexity index is 796. The lowest BCUT2D eigenvalue weighted by molar-refractivity contribution is 0.627. The predicted molar refractivity (Wildman–Crippen MR) is 81.4 cm³/mol. The quantitative estimate of drug-likeness (QED) is 0.798. The highest BCUT2D eigenvalue weighted by molar-refractivity contribution is 5.32. The van der Waals surface area contributed by atoms with Gasteiger partial charge in [-0.15, -0.1) is 0 Å². The molecule has 0 atom stereocenters. The summed E-state index contributed by atoms with van der Waals surface area (Å²) in [5.74, 6) is 0. The zero-order valence-electron chi connectivity index (χ0n) is 11.3. The molecule has 0 saturated carbocycles. The second-order valence-corrected chi connectivity index (χ2v) is 4.74. The Kier molecular flexibility index (Phi) is 3.51. The third-order valence-corrected chi connectivity index (χ3v) is 3.36. The molecule has 0 radical (unpaired) electrons. The van der Waals surface area contributed by atoms with Gasteiger partial charge in [-0.3, -0.25) is 14.3 Å². The zero-order valence-corrected chi connectivity index (χ0v) is 11.3. The Balaban J connectivity index is 2.22. The van der Waals surface area contributed by atoms with Crippen molar-refractivity contribution in [3.05, 3.63) is 105 Å². The molecule has 4 nitrogen and oxygen atoms in total. The summed E-state index contributed by atoms with van der Waals surface area (Å²) in [6, 6.07) is 20.6. The highest BCUT2D eigenvalue weighted by atomic mass is 16.2. The van der Waals surface area contributed by atoms with E-state index in [0.29, 0.717) is 0 Å². The average Bonchev–Trinajstić information content (AvgIpc) is 2.52. The predicted octanol–water partition coefficient (Wildman–Crippen LogP) is 2.17. The molecular formula is C17H14N2O2. The van der Waals surface area contributed by atoms with Crippen LogP contribution in [-0.4, -0.2) is 9.55 Å². The van der Waals surface area contributed by atoms with Gasteiger partial charge in [-0.05, 0) is 11.1 Å². The number of H-pyrrole nitrogens is 1. The van der Waals surface area contributed by atoms with Crippen molar-refractivity contribution in [3.8, 4) is 0 Å². The van der Waals surface area contributed by atoms with E-state index in [0.717, 1.165) is 11.1 Å². The molecule has 4 heteroatoms. The standard InChI is InChI=1S/C17H14N2O2/c20-15-11-12-19(17(21)18-15)16(13-7-3-1-4-8-13)14-9-5-2-6-10-14/h1-12,16H,(H,18,20,21). The summed E-state index contributed by atoms with van der Waals surface area (Å²) in [6.07, 6.45) is 1.53. The fourth-order valence-corrected chi connectivity index (χ4v) is 2.41. The van der Waals surface area contributed by atoms with Gasteiger partial charge in [0, 0.05) is 12.3 Å². The van der Waals surface area contributed by atoms with E-state index in [1.54, 1.807) is 0 Å². The van der Waals surface area contributed by atoms with Gasteiger partial charge < -0.3 is 0 Å². The monoisotopic (exact) mass is 278 g/mol. The van der Waals surface area contributed by atoms with Crippen molar-refractivity contribution in [1.82, 2.24) is 9.55 Å². The summed E-state index contributed by atoms with van der Waals surface area (Å²) in [6.45, 7) is 0. The van der Waals surface area contributed by atoms with Crippen LogP contribution in [0.5, 0.6) is 0 Å².